The lowest BCUT2D eigenvalue weighted by molar-refractivity contribution is -0.116. The Balaban J connectivity index is 1.90. The number of rotatable bonds is 14. The Morgan fingerprint density at radius 1 is 1.03 bits per heavy atom. The first-order chi connectivity index (χ1) is 15.3. The second-order valence-electron chi connectivity index (χ2n) is 10.1. The Hall–Kier alpha value is -1.36. The molecule has 0 radical (unpaired) electrons. The van der Waals surface area contributed by atoms with Gasteiger partial charge < -0.3 is 10.1 Å². The highest BCUT2D eigenvalue weighted by Crippen LogP contribution is 2.45. The summed E-state index contributed by atoms with van der Waals surface area (Å²) < 4.78 is 5.08. The highest BCUT2D eigenvalue weighted by molar-refractivity contribution is 7.17. The van der Waals surface area contributed by atoms with Crippen LogP contribution in [0.1, 0.15) is 126 Å². The Labute approximate surface area is 199 Å². The van der Waals surface area contributed by atoms with Gasteiger partial charge in [0.2, 0.25) is 5.91 Å². The second kappa shape index (κ2) is 13.4. The summed E-state index contributed by atoms with van der Waals surface area (Å²) in [5.41, 5.74) is 1.98. The molecule has 1 atom stereocenters. The quantitative estimate of drug-likeness (QED) is 0.225. The molecular formula is C27H45NO3S. The third kappa shape index (κ3) is 7.60. The smallest absolute Gasteiger partial charge is 0.341 e. The predicted octanol–water partition coefficient (Wildman–Crippen LogP) is 7.94. The molecule has 1 aliphatic rings. The van der Waals surface area contributed by atoms with Crippen molar-refractivity contribution < 1.29 is 14.3 Å². The molecule has 4 nitrogen and oxygen atoms in total. The van der Waals surface area contributed by atoms with Crippen LogP contribution in [0.3, 0.4) is 0 Å². The zero-order valence-corrected chi connectivity index (χ0v) is 21.9. The highest BCUT2D eigenvalue weighted by Gasteiger charge is 2.35. The molecule has 0 spiro atoms. The first-order valence-corrected chi connectivity index (χ1v) is 13.7. The Bertz CT molecular complexity index is 738. The largest absolute Gasteiger partial charge is 0.465 e. The predicted molar refractivity (Wildman–Crippen MR) is 136 cm³/mol. The SMILES string of the molecule is CCCCCCCCCCCC(=O)Nc1sc2c(c1C(=O)OC)CCC(C(C)(C)CC)C2. The van der Waals surface area contributed by atoms with E-state index in [4.69, 9.17) is 4.74 Å². The maximum Gasteiger partial charge on any atom is 0.341 e. The molecule has 0 bridgehead atoms. The van der Waals surface area contributed by atoms with E-state index in [2.05, 4.69) is 33.0 Å². The minimum absolute atomic E-state index is 0.0159. The van der Waals surface area contributed by atoms with Gasteiger partial charge in [0.05, 0.1) is 12.7 Å². The van der Waals surface area contributed by atoms with E-state index in [1.807, 2.05) is 0 Å². The van der Waals surface area contributed by atoms with E-state index < -0.39 is 0 Å². The van der Waals surface area contributed by atoms with E-state index in [9.17, 15) is 9.59 Å². The van der Waals surface area contributed by atoms with Gasteiger partial charge in [0.1, 0.15) is 5.00 Å². The van der Waals surface area contributed by atoms with Crippen LogP contribution >= 0.6 is 11.3 Å². The Morgan fingerprint density at radius 3 is 2.25 bits per heavy atom. The molecule has 0 aromatic carbocycles. The summed E-state index contributed by atoms with van der Waals surface area (Å²) in [6.45, 7) is 9.17. The van der Waals surface area contributed by atoms with Gasteiger partial charge >= 0.3 is 5.97 Å². The first kappa shape index (κ1) is 26.9. The average molecular weight is 464 g/mol. The van der Waals surface area contributed by atoms with Gasteiger partial charge in [-0.25, -0.2) is 4.79 Å². The van der Waals surface area contributed by atoms with Crippen molar-refractivity contribution in [1.82, 2.24) is 0 Å². The maximum absolute atomic E-state index is 12.6. The molecule has 1 aromatic heterocycles. The number of anilines is 1. The van der Waals surface area contributed by atoms with Crippen LogP contribution in [0.25, 0.3) is 0 Å². The number of nitrogens with one attached hydrogen (secondary N) is 1. The molecule has 32 heavy (non-hydrogen) atoms. The summed E-state index contributed by atoms with van der Waals surface area (Å²) in [6, 6.07) is 0. The number of carbonyl (C=O) groups excluding carboxylic acids is 2. The standard InChI is InChI=1S/C27H45NO3S/c1-6-8-9-10-11-12-13-14-15-16-23(29)28-25-24(26(30)31-5)21-18-17-20(19-22(21)32-25)27(3,4)7-2/h20H,6-19H2,1-5H3,(H,28,29). The molecule has 1 aliphatic carbocycles. The maximum atomic E-state index is 12.6. The fraction of sp³-hybridized carbons (Fsp3) is 0.778. The van der Waals surface area contributed by atoms with Crippen molar-refractivity contribution in [2.75, 3.05) is 12.4 Å². The number of methoxy groups -OCH3 is 1. The molecule has 0 aliphatic heterocycles. The lowest BCUT2D eigenvalue weighted by Crippen LogP contribution is -2.28. The number of thiophene rings is 1. The van der Waals surface area contributed by atoms with Crippen molar-refractivity contribution in [2.24, 2.45) is 11.3 Å². The van der Waals surface area contributed by atoms with Crippen LogP contribution in [0.2, 0.25) is 0 Å². The minimum Gasteiger partial charge on any atom is -0.465 e. The minimum atomic E-state index is -0.325. The number of hydrogen-bond donors (Lipinski definition) is 1. The zero-order valence-electron chi connectivity index (χ0n) is 21.1. The number of amides is 1. The monoisotopic (exact) mass is 463 g/mol. The van der Waals surface area contributed by atoms with Crippen LogP contribution in [-0.4, -0.2) is 19.0 Å². The van der Waals surface area contributed by atoms with Crippen molar-refractivity contribution in [3.63, 3.8) is 0 Å². The van der Waals surface area contributed by atoms with E-state index in [1.54, 1.807) is 11.3 Å². The van der Waals surface area contributed by atoms with Gasteiger partial charge in [-0.15, -0.1) is 11.3 Å². The van der Waals surface area contributed by atoms with E-state index in [0.717, 1.165) is 44.1 Å². The summed E-state index contributed by atoms with van der Waals surface area (Å²) in [6.07, 6.45) is 15.7. The lowest BCUT2D eigenvalue weighted by Gasteiger charge is -2.36. The molecule has 2 rings (SSSR count). The fourth-order valence-corrected chi connectivity index (χ4v) is 6.06. The van der Waals surface area contributed by atoms with Crippen LogP contribution < -0.4 is 5.32 Å². The normalized spacial score (nSPS) is 16.0. The molecule has 1 N–H and O–H groups in total. The van der Waals surface area contributed by atoms with Crippen LogP contribution in [0, 0.1) is 11.3 Å². The van der Waals surface area contributed by atoms with Crippen molar-refractivity contribution in [3.8, 4) is 0 Å². The number of carbonyl (C=O) groups is 2. The van der Waals surface area contributed by atoms with Gasteiger partial charge in [-0.1, -0.05) is 85.5 Å². The average Bonchev–Trinajstić information content (AvgIpc) is 3.14. The number of hydrogen-bond acceptors (Lipinski definition) is 4. The number of fused-ring (bicyclic) bond motifs is 1. The number of esters is 1. The van der Waals surface area contributed by atoms with Gasteiger partial charge in [0, 0.05) is 11.3 Å². The second-order valence-corrected chi connectivity index (χ2v) is 11.2. The number of ether oxygens (including phenoxy) is 1. The van der Waals surface area contributed by atoms with E-state index >= 15 is 0 Å². The summed E-state index contributed by atoms with van der Waals surface area (Å²) in [4.78, 5) is 26.4. The molecule has 0 saturated heterocycles. The van der Waals surface area contributed by atoms with Gasteiger partial charge in [-0.2, -0.15) is 0 Å². The molecule has 1 aromatic rings. The Kier molecular flexibility index (Phi) is 11.2. The van der Waals surface area contributed by atoms with Crippen LogP contribution in [0.15, 0.2) is 0 Å². The molecule has 1 unspecified atom stereocenters. The third-order valence-corrected chi connectivity index (χ3v) is 8.60. The molecule has 182 valence electrons. The lowest BCUT2D eigenvalue weighted by atomic mass is 9.69. The van der Waals surface area contributed by atoms with Gasteiger partial charge in [0.25, 0.3) is 0 Å². The Morgan fingerprint density at radius 2 is 1.66 bits per heavy atom. The molecular weight excluding hydrogens is 418 g/mol. The summed E-state index contributed by atoms with van der Waals surface area (Å²) in [5.74, 6) is 0.297. The van der Waals surface area contributed by atoms with Gasteiger partial charge in [-0.3, -0.25) is 4.79 Å². The van der Waals surface area contributed by atoms with Crippen molar-refractivity contribution >= 4 is 28.2 Å². The number of unbranched alkanes of at least 4 members (excludes halogenated alkanes) is 8. The van der Waals surface area contributed by atoms with E-state index in [0.29, 0.717) is 22.9 Å². The van der Waals surface area contributed by atoms with Crippen molar-refractivity contribution in [1.29, 1.82) is 0 Å². The van der Waals surface area contributed by atoms with E-state index in [-0.39, 0.29) is 17.3 Å². The fourth-order valence-electron chi connectivity index (χ4n) is 4.73. The molecule has 1 heterocycles. The van der Waals surface area contributed by atoms with Gasteiger partial charge in [-0.05, 0) is 42.6 Å². The third-order valence-electron chi connectivity index (χ3n) is 7.43. The van der Waals surface area contributed by atoms with Crippen molar-refractivity contribution in [3.05, 3.63) is 16.0 Å². The summed E-state index contributed by atoms with van der Waals surface area (Å²) in [5, 5.41) is 3.75. The van der Waals surface area contributed by atoms with Crippen LogP contribution in [0.5, 0.6) is 0 Å². The highest BCUT2D eigenvalue weighted by atomic mass is 32.1. The van der Waals surface area contributed by atoms with Crippen LogP contribution in [-0.2, 0) is 22.4 Å². The topological polar surface area (TPSA) is 55.4 Å². The zero-order chi connectivity index (χ0) is 23.6. The molecule has 1 amide bonds. The molecule has 0 fully saturated rings. The van der Waals surface area contributed by atoms with E-state index in [1.165, 1.54) is 56.9 Å². The molecule has 0 saturated carbocycles. The van der Waals surface area contributed by atoms with Gasteiger partial charge in [0.15, 0.2) is 0 Å². The first-order valence-electron chi connectivity index (χ1n) is 12.9. The summed E-state index contributed by atoms with van der Waals surface area (Å²) in [7, 11) is 1.42. The van der Waals surface area contributed by atoms with Crippen molar-refractivity contribution in [2.45, 2.75) is 118 Å². The van der Waals surface area contributed by atoms with Crippen LogP contribution in [0.4, 0.5) is 5.00 Å². The summed E-state index contributed by atoms with van der Waals surface area (Å²) >= 11 is 1.59. The molecule has 5 heteroatoms.